The van der Waals surface area contributed by atoms with Crippen LogP contribution in [0.4, 0.5) is 5.69 Å². The summed E-state index contributed by atoms with van der Waals surface area (Å²) in [7, 11) is -3.67. The average Bonchev–Trinajstić information content (AvgIpc) is 2.54. The number of nitrogens with zero attached hydrogens (tertiary/aromatic N) is 3. The molecular formula is C17H22N3O3S-. The van der Waals surface area contributed by atoms with Crippen LogP contribution in [0.15, 0.2) is 34.2 Å². The van der Waals surface area contributed by atoms with Gasteiger partial charge < -0.3 is 14.6 Å². The molecule has 7 heteroatoms. The number of rotatable bonds is 4. The zero-order chi connectivity index (χ0) is 17.2. The fourth-order valence-corrected chi connectivity index (χ4v) is 4.32. The summed E-state index contributed by atoms with van der Waals surface area (Å²) in [6, 6.07) is 6.59. The summed E-state index contributed by atoms with van der Waals surface area (Å²) in [6.45, 7) is 3.82. The molecule has 1 unspecified atom stereocenters. The second kappa shape index (κ2) is 6.93. The molecule has 2 aliphatic rings. The molecule has 0 saturated carbocycles. The monoisotopic (exact) mass is 348 g/mol. The number of piperidine rings is 1. The Morgan fingerprint density at radius 3 is 2.96 bits per heavy atom. The highest BCUT2D eigenvalue weighted by atomic mass is 32.2. The minimum atomic E-state index is -3.67. The molecule has 2 aliphatic heterocycles. The third kappa shape index (κ3) is 3.77. The van der Waals surface area contributed by atoms with E-state index >= 15 is 0 Å². The van der Waals surface area contributed by atoms with Gasteiger partial charge in [-0.2, -0.15) is 0 Å². The van der Waals surface area contributed by atoms with E-state index in [-0.39, 0.29) is 16.6 Å². The molecule has 2 heterocycles. The number of fused-ring (bicyclic) bond motifs is 1. The molecule has 0 aromatic heterocycles. The number of carbonyl (C=O) groups excluding carboxylic acids is 1. The predicted molar refractivity (Wildman–Crippen MR) is 92.9 cm³/mol. The first-order chi connectivity index (χ1) is 11.5. The Kier molecular flexibility index (Phi) is 4.89. The highest BCUT2D eigenvalue weighted by Gasteiger charge is 2.21. The van der Waals surface area contributed by atoms with Gasteiger partial charge in [0.2, 0.25) is 15.9 Å². The fourth-order valence-electron chi connectivity index (χ4n) is 3.19. The SMILES string of the molecule is CC1CCCN(C(=O)CCCC2=Nc3ccccc3S(=O)(=O)[N-]2)C1. The van der Waals surface area contributed by atoms with Gasteiger partial charge in [-0.05, 0) is 43.4 Å². The van der Waals surface area contributed by atoms with Crippen molar-refractivity contribution in [2.75, 3.05) is 13.1 Å². The Labute approximate surface area is 143 Å². The summed E-state index contributed by atoms with van der Waals surface area (Å²) in [6.07, 6.45) is 3.59. The predicted octanol–water partition coefficient (Wildman–Crippen LogP) is 3.22. The summed E-state index contributed by atoms with van der Waals surface area (Å²) in [5.41, 5.74) is 0.429. The second-order valence-corrected chi connectivity index (χ2v) is 8.08. The van der Waals surface area contributed by atoms with Gasteiger partial charge in [0.15, 0.2) is 0 Å². The van der Waals surface area contributed by atoms with Crippen molar-refractivity contribution in [2.24, 2.45) is 10.9 Å². The zero-order valence-corrected chi connectivity index (χ0v) is 14.6. The molecule has 24 heavy (non-hydrogen) atoms. The Balaban J connectivity index is 1.58. The number of hydrogen-bond donors (Lipinski definition) is 0. The molecule has 1 fully saturated rings. The molecule has 0 aliphatic carbocycles. The topological polar surface area (TPSA) is 80.9 Å². The molecule has 130 valence electrons. The van der Waals surface area contributed by atoms with Gasteiger partial charge in [-0.15, -0.1) is 0 Å². The number of amides is 1. The van der Waals surface area contributed by atoms with Crippen LogP contribution in [0.25, 0.3) is 4.72 Å². The number of likely N-dealkylation sites (tertiary alicyclic amines) is 1. The molecule has 3 rings (SSSR count). The summed E-state index contributed by atoms with van der Waals surface area (Å²) in [4.78, 5) is 18.6. The van der Waals surface area contributed by atoms with Gasteiger partial charge >= 0.3 is 0 Å². The standard InChI is InChI=1S/C17H22N3O3S/c1-13-6-5-11-20(12-13)17(21)10-4-9-16-18-14-7-2-3-8-15(14)24(22,23)19-16/h2-3,7-8,13H,4-6,9-12H2,1H3/q-1. The van der Waals surface area contributed by atoms with E-state index in [1.54, 1.807) is 18.2 Å². The largest absolute Gasteiger partial charge is 0.438 e. The van der Waals surface area contributed by atoms with Gasteiger partial charge in [-0.25, -0.2) is 8.42 Å². The summed E-state index contributed by atoms with van der Waals surface area (Å²) < 4.78 is 28.1. The average molecular weight is 348 g/mol. The summed E-state index contributed by atoms with van der Waals surface area (Å²) >= 11 is 0. The number of amidine groups is 1. The van der Waals surface area contributed by atoms with Gasteiger partial charge in [-0.3, -0.25) is 4.79 Å². The highest BCUT2D eigenvalue weighted by molar-refractivity contribution is 7.95. The van der Waals surface area contributed by atoms with Crippen LogP contribution in [0.1, 0.15) is 39.0 Å². The highest BCUT2D eigenvalue weighted by Crippen LogP contribution is 2.34. The Morgan fingerprint density at radius 2 is 2.17 bits per heavy atom. The van der Waals surface area contributed by atoms with Crippen molar-refractivity contribution in [1.29, 1.82) is 0 Å². The van der Waals surface area contributed by atoms with E-state index in [0.29, 0.717) is 30.9 Å². The number of carbonyl (C=O) groups is 1. The third-order valence-corrected chi connectivity index (χ3v) is 5.77. The zero-order valence-electron chi connectivity index (χ0n) is 13.8. The number of para-hydroxylation sites is 1. The number of hydrogen-bond acceptors (Lipinski definition) is 4. The molecule has 1 aromatic carbocycles. The van der Waals surface area contributed by atoms with E-state index in [2.05, 4.69) is 16.6 Å². The maximum atomic E-state index is 12.2. The van der Waals surface area contributed by atoms with E-state index in [0.717, 1.165) is 19.5 Å². The van der Waals surface area contributed by atoms with Crippen LogP contribution in [0.3, 0.4) is 0 Å². The van der Waals surface area contributed by atoms with Gasteiger partial charge in [0.1, 0.15) is 0 Å². The molecule has 0 radical (unpaired) electrons. The summed E-state index contributed by atoms with van der Waals surface area (Å²) in [5.74, 6) is 0.983. The third-order valence-electron chi connectivity index (χ3n) is 4.42. The Bertz CT molecular complexity index is 758. The van der Waals surface area contributed by atoms with Crippen LogP contribution in [0.5, 0.6) is 0 Å². The minimum absolute atomic E-state index is 0.140. The van der Waals surface area contributed by atoms with Gasteiger partial charge in [0.05, 0.1) is 4.90 Å². The van der Waals surface area contributed by atoms with Crippen molar-refractivity contribution in [2.45, 2.75) is 43.9 Å². The summed E-state index contributed by atoms with van der Waals surface area (Å²) in [5, 5.41) is 0. The van der Waals surface area contributed by atoms with Gasteiger partial charge in [-0.1, -0.05) is 31.0 Å². The van der Waals surface area contributed by atoms with Crippen LogP contribution < -0.4 is 0 Å². The molecule has 1 amide bonds. The first-order valence-corrected chi connectivity index (χ1v) is 9.82. The van der Waals surface area contributed by atoms with Crippen LogP contribution in [0, 0.1) is 5.92 Å². The normalized spacial score (nSPS) is 22.3. The van der Waals surface area contributed by atoms with Gasteiger partial charge in [0.25, 0.3) is 0 Å². The van der Waals surface area contributed by atoms with Crippen LogP contribution in [-0.2, 0) is 14.8 Å². The molecule has 6 nitrogen and oxygen atoms in total. The lowest BCUT2D eigenvalue weighted by atomic mass is 10.00. The number of aliphatic imine (C=N–C) groups is 1. The van der Waals surface area contributed by atoms with Gasteiger partial charge in [0, 0.05) is 19.5 Å². The molecule has 0 bridgehead atoms. The number of benzene rings is 1. The molecule has 0 N–H and O–H groups in total. The molecule has 1 aromatic rings. The van der Waals surface area contributed by atoms with Crippen molar-refractivity contribution in [3.8, 4) is 0 Å². The van der Waals surface area contributed by atoms with Crippen molar-refractivity contribution in [3.63, 3.8) is 0 Å². The first-order valence-electron chi connectivity index (χ1n) is 8.38. The van der Waals surface area contributed by atoms with E-state index in [4.69, 9.17) is 0 Å². The Morgan fingerprint density at radius 1 is 1.38 bits per heavy atom. The van der Waals surface area contributed by atoms with Crippen molar-refractivity contribution in [3.05, 3.63) is 29.0 Å². The van der Waals surface area contributed by atoms with Crippen molar-refractivity contribution >= 4 is 27.5 Å². The van der Waals surface area contributed by atoms with E-state index in [1.165, 1.54) is 12.5 Å². The van der Waals surface area contributed by atoms with E-state index < -0.39 is 10.0 Å². The Hall–Kier alpha value is -1.89. The minimum Gasteiger partial charge on any atom is -0.438 e. The lowest BCUT2D eigenvalue weighted by molar-refractivity contribution is -0.132. The second-order valence-electron chi connectivity index (χ2n) is 6.50. The van der Waals surface area contributed by atoms with Crippen molar-refractivity contribution in [1.82, 2.24) is 4.90 Å². The molecule has 1 saturated heterocycles. The molecular weight excluding hydrogens is 326 g/mol. The lowest BCUT2D eigenvalue weighted by Gasteiger charge is -2.31. The molecule has 0 spiro atoms. The van der Waals surface area contributed by atoms with Crippen LogP contribution in [-0.4, -0.2) is 38.2 Å². The van der Waals surface area contributed by atoms with Crippen molar-refractivity contribution < 1.29 is 13.2 Å². The fraction of sp³-hybridized carbons (Fsp3) is 0.529. The lowest BCUT2D eigenvalue weighted by Crippen LogP contribution is -2.39. The smallest absolute Gasteiger partial charge is 0.222 e. The van der Waals surface area contributed by atoms with E-state index in [1.807, 2.05) is 4.90 Å². The maximum absolute atomic E-state index is 12.2. The van der Waals surface area contributed by atoms with E-state index in [9.17, 15) is 13.2 Å². The van der Waals surface area contributed by atoms with Crippen LogP contribution >= 0.6 is 0 Å². The number of sulfonamides is 1. The first kappa shape index (κ1) is 17.0. The molecule has 1 atom stereocenters. The van der Waals surface area contributed by atoms with Crippen LogP contribution in [0.2, 0.25) is 0 Å². The quantitative estimate of drug-likeness (QED) is 0.838. The maximum Gasteiger partial charge on any atom is 0.222 e.